The number of nitrogens with one attached hydrogen (secondary N) is 3. The predicted molar refractivity (Wildman–Crippen MR) is 175 cm³/mol. The van der Waals surface area contributed by atoms with Crippen LogP contribution in [0.4, 0.5) is 5.69 Å². The van der Waals surface area contributed by atoms with E-state index in [-0.39, 0.29) is 11.7 Å². The molecule has 1 atom stereocenters. The second-order valence-electron chi connectivity index (χ2n) is 11.6. The summed E-state index contributed by atoms with van der Waals surface area (Å²) in [6.45, 7) is 6.17. The number of H-pyrrole nitrogens is 1. The summed E-state index contributed by atoms with van der Waals surface area (Å²) in [7, 11) is -3.14. The first-order valence-corrected chi connectivity index (χ1v) is 17.1. The van der Waals surface area contributed by atoms with Crippen LogP contribution in [-0.2, 0) is 16.6 Å². The van der Waals surface area contributed by atoms with Crippen LogP contribution in [0.25, 0.3) is 22.4 Å². The van der Waals surface area contributed by atoms with Gasteiger partial charge in [-0.15, -0.1) is 0 Å². The molecular weight excluding hydrogens is 572 g/mol. The lowest BCUT2D eigenvalue weighted by molar-refractivity contribution is 0.102. The van der Waals surface area contributed by atoms with Gasteiger partial charge in [-0.3, -0.25) is 9.69 Å². The van der Waals surface area contributed by atoms with Crippen LogP contribution in [-0.4, -0.2) is 72.0 Å². The minimum Gasteiger partial charge on any atom is -0.341 e. The predicted octanol–water partition coefficient (Wildman–Crippen LogP) is 5.28. The quantitative estimate of drug-likeness (QED) is 0.225. The van der Waals surface area contributed by atoms with Crippen LogP contribution in [0.5, 0.6) is 0 Å². The summed E-state index contributed by atoms with van der Waals surface area (Å²) in [5.74, 6) is 1.06. The van der Waals surface area contributed by atoms with Gasteiger partial charge < -0.3 is 15.6 Å². The molecule has 3 aromatic carbocycles. The zero-order chi connectivity index (χ0) is 30.5. The van der Waals surface area contributed by atoms with E-state index in [1.165, 1.54) is 6.42 Å². The summed E-state index contributed by atoms with van der Waals surface area (Å²) in [5.41, 5.74) is 6.68. The summed E-state index contributed by atoms with van der Waals surface area (Å²) in [4.78, 5) is 23.2. The van der Waals surface area contributed by atoms with Crippen molar-refractivity contribution in [1.82, 2.24) is 24.5 Å². The molecule has 1 amide bonds. The average molecular weight is 613 g/mol. The molecule has 2 saturated heterocycles. The molecule has 2 aliphatic rings. The Morgan fingerprint density at radius 2 is 1.57 bits per heavy atom. The van der Waals surface area contributed by atoms with Crippen LogP contribution >= 0.6 is 0 Å². The second kappa shape index (κ2) is 13.4. The third kappa shape index (κ3) is 7.10. The van der Waals surface area contributed by atoms with E-state index in [1.807, 2.05) is 61.7 Å². The largest absolute Gasteiger partial charge is 0.341 e. The standard InChI is InChI=1S/C34H40N6O3S/c1-2-22-44(42,43)40-20-18-39(19-21-40)24-25-5-15-30(16-6-25)37-34(41)29-13-9-27(10-14-29)26-7-11-28(12-8-26)32-23-36-33(38-32)31-4-3-17-35-31/h5-16,23,31,35H,2-4,17-22,24H2,1H3,(H,36,38)(H,37,41)/t31-/m0/s1. The summed E-state index contributed by atoms with van der Waals surface area (Å²) < 4.78 is 26.2. The number of piperazine rings is 1. The van der Waals surface area contributed by atoms with E-state index >= 15 is 0 Å². The highest BCUT2D eigenvalue weighted by molar-refractivity contribution is 7.89. The minimum atomic E-state index is -3.14. The fraction of sp³-hybridized carbons (Fsp3) is 0.353. The van der Waals surface area contributed by atoms with E-state index in [9.17, 15) is 13.2 Å². The molecule has 0 unspecified atom stereocenters. The number of aromatic amines is 1. The van der Waals surface area contributed by atoms with E-state index in [0.29, 0.717) is 44.2 Å². The zero-order valence-electron chi connectivity index (χ0n) is 25.1. The molecule has 0 saturated carbocycles. The molecule has 0 spiro atoms. The number of hydrogen-bond donors (Lipinski definition) is 3. The van der Waals surface area contributed by atoms with Gasteiger partial charge in [0.15, 0.2) is 0 Å². The smallest absolute Gasteiger partial charge is 0.255 e. The van der Waals surface area contributed by atoms with Crippen molar-refractivity contribution in [2.45, 2.75) is 38.8 Å². The number of nitrogens with zero attached hydrogens (tertiary/aromatic N) is 3. The molecule has 230 valence electrons. The van der Waals surface area contributed by atoms with E-state index < -0.39 is 10.0 Å². The van der Waals surface area contributed by atoms with E-state index in [1.54, 1.807) is 4.31 Å². The topological polar surface area (TPSA) is 110 Å². The molecule has 10 heteroatoms. The Labute approximate surface area is 259 Å². The van der Waals surface area contributed by atoms with Gasteiger partial charge in [0.2, 0.25) is 10.0 Å². The molecule has 3 heterocycles. The van der Waals surface area contributed by atoms with Crippen molar-refractivity contribution in [2.24, 2.45) is 0 Å². The molecule has 0 bridgehead atoms. The Morgan fingerprint density at radius 3 is 2.20 bits per heavy atom. The molecule has 1 aromatic heterocycles. The first kappa shape index (κ1) is 30.2. The Balaban J connectivity index is 1.00. The van der Waals surface area contributed by atoms with Crippen molar-refractivity contribution in [1.29, 1.82) is 0 Å². The van der Waals surface area contributed by atoms with Gasteiger partial charge in [0.05, 0.1) is 23.7 Å². The lowest BCUT2D eigenvalue weighted by Crippen LogP contribution is -2.48. The van der Waals surface area contributed by atoms with Gasteiger partial charge in [0, 0.05) is 44.0 Å². The third-order valence-electron chi connectivity index (χ3n) is 8.47. The van der Waals surface area contributed by atoms with Gasteiger partial charge >= 0.3 is 0 Å². The molecule has 4 aromatic rings. The molecule has 0 aliphatic carbocycles. The number of carbonyl (C=O) groups excluding carboxylic acids is 1. The average Bonchev–Trinajstić information content (AvgIpc) is 3.76. The monoisotopic (exact) mass is 612 g/mol. The van der Waals surface area contributed by atoms with Crippen molar-refractivity contribution in [3.8, 4) is 22.4 Å². The number of rotatable bonds is 10. The van der Waals surface area contributed by atoms with Crippen molar-refractivity contribution < 1.29 is 13.2 Å². The maximum atomic E-state index is 12.9. The van der Waals surface area contributed by atoms with Gasteiger partial charge in [0.25, 0.3) is 5.91 Å². The number of sulfonamides is 1. The maximum absolute atomic E-state index is 12.9. The third-order valence-corrected chi connectivity index (χ3v) is 10.5. The van der Waals surface area contributed by atoms with Crippen molar-refractivity contribution in [3.63, 3.8) is 0 Å². The van der Waals surface area contributed by atoms with Gasteiger partial charge in [-0.2, -0.15) is 4.31 Å². The van der Waals surface area contributed by atoms with Gasteiger partial charge in [-0.05, 0) is 72.3 Å². The van der Waals surface area contributed by atoms with Crippen molar-refractivity contribution >= 4 is 21.6 Å². The SMILES string of the molecule is CCCS(=O)(=O)N1CCN(Cc2ccc(NC(=O)c3ccc(-c4ccc(-c5cnc([C@@H]6CCCN6)[nH]5)cc4)cc3)cc2)CC1. The van der Waals surface area contributed by atoms with Crippen LogP contribution in [0.15, 0.2) is 79.0 Å². The summed E-state index contributed by atoms with van der Waals surface area (Å²) in [6.07, 6.45) is 4.83. The van der Waals surface area contributed by atoms with Crippen LogP contribution in [0.1, 0.15) is 54.0 Å². The highest BCUT2D eigenvalue weighted by Gasteiger charge is 2.26. The van der Waals surface area contributed by atoms with Crippen molar-refractivity contribution in [3.05, 3.63) is 95.9 Å². The number of benzene rings is 3. The Bertz CT molecular complexity index is 1650. The lowest BCUT2D eigenvalue weighted by Gasteiger charge is -2.34. The molecule has 9 nitrogen and oxygen atoms in total. The Kier molecular flexibility index (Phi) is 9.22. The molecule has 6 rings (SSSR count). The molecular formula is C34H40N6O3S. The molecule has 2 fully saturated rings. The number of anilines is 1. The van der Waals surface area contributed by atoms with Crippen molar-refractivity contribution in [2.75, 3.05) is 43.8 Å². The number of hydrogen-bond acceptors (Lipinski definition) is 6. The fourth-order valence-corrected chi connectivity index (χ4v) is 7.44. The first-order chi connectivity index (χ1) is 21.4. The summed E-state index contributed by atoms with van der Waals surface area (Å²) >= 11 is 0. The highest BCUT2D eigenvalue weighted by Crippen LogP contribution is 2.27. The number of imidazole rings is 1. The van der Waals surface area contributed by atoms with E-state index in [2.05, 4.69) is 49.8 Å². The molecule has 2 aliphatic heterocycles. The van der Waals surface area contributed by atoms with Gasteiger partial charge in [-0.25, -0.2) is 13.4 Å². The number of carbonyl (C=O) groups is 1. The number of amides is 1. The molecule has 44 heavy (non-hydrogen) atoms. The Morgan fingerprint density at radius 1 is 0.909 bits per heavy atom. The number of aromatic nitrogens is 2. The minimum absolute atomic E-state index is 0.157. The Hall–Kier alpha value is -3.83. The summed E-state index contributed by atoms with van der Waals surface area (Å²) in [5, 5.41) is 6.47. The van der Waals surface area contributed by atoms with Gasteiger partial charge in [0.1, 0.15) is 5.82 Å². The van der Waals surface area contributed by atoms with Crippen LogP contribution in [0.2, 0.25) is 0 Å². The molecule has 0 radical (unpaired) electrons. The van der Waals surface area contributed by atoms with Crippen LogP contribution < -0.4 is 10.6 Å². The second-order valence-corrected chi connectivity index (χ2v) is 13.7. The lowest BCUT2D eigenvalue weighted by atomic mass is 10.0. The van der Waals surface area contributed by atoms with Crippen LogP contribution in [0.3, 0.4) is 0 Å². The normalized spacial score (nSPS) is 18.0. The van der Waals surface area contributed by atoms with Crippen LogP contribution in [0, 0.1) is 0 Å². The van der Waals surface area contributed by atoms with E-state index in [0.717, 1.165) is 59.0 Å². The highest BCUT2D eigenvalue weighted by atomic mass is 32.2. The fourth-order valence-electron chi connectivity index (χ4n) is 5.94. The first-order valence-electron chi connectivity index (χ1n) is 15.5. The molecule has 3 N–H and O–H groups in total. The summed E-state index contributed by atoms with van der Waals surface area (Å²) in [6, 6.07) is 24.2. The maximum Gasteiger partial charge on any atom is 0.255 e. The van der Waals surface area contributed by atoms with E-state index in [4.69, 9.17) is 0 Å². The zero-order valence-corrected chi connectivity index (χ0v) is 25.9. The van der Waals surface area contributed by atoms with Gasteiger partial charge in [-0.1, -0.05) is 55.5 Å².